The van der Waals surface area contributed by atoms with E-state index in [-0.39, 0.29) is 5.11 Å². The van der Waals surface area contributed by atoms with Crippen molar-refractivity contribution in [3.05, 3.63) is 45.9 Å². The number of anilines is 2. The molecule has 0 bridgehead atoms. The molecule has 0 fully saturated rings. The molecule has 0 radical (unpaired) electrons. The Kier molecular flexibility index (Phi) is 6.07. The zero-order valence-corrected chi connectivity index (χ0v) is 15.2. The summed E-state index contributed by atoms with van der Waals surface area (Å²) in [4.78, 5) is 0. The molecule has 10 heteroatoms. The van der Waals surface area contributed by atoms with Gasteiger partial charge in [0.2, 0.25) is 0 Å². The van der Waals surface area contributed by atoms with Gasteiger partial charge < -0.3 is 20.1 Å². The lowest BCUT2D eigenvalue weighted by atomic mass is 10.2. The van der Waals surface area contributed by atoms with Gasteiger partial charge >= 0.3 is 0 Å². The van der Waals surface area contributed by atoms with E-state index in [4.69, 9.17) is 21.7 Å². The maximum atomic E-state index is 13.9. The van der Waals surface area contributed by atoms with Gasteiger partial charge in [0, 0.05) is 6.07 Å². The van der Waals surface area contributed by atoms with Crippen LogP contribution in [0.5, 0.6) is 11.5 Å². The lowest BCUT2D eigenvalue weighted by Crippen LogP contribution is -2.22. The van der Waals surface area contributed by atoms with E-state index in [0.717, 1.165) is 0 Å². The second kappa shape index (κ2) is 7.87. The molecule has 0 saturated heterocycles. The number of ether oxygens (including phenoxy) is 2. The molecule has 0 aliphatic heterocycles. The Morgan fingerprint density at radius 2 is 1.56 bits per heavy atom. The fourth-order valence-corrected chi connectivity index (χ4v) is 2.45. The molecule has 134 valence electrons. The number of halogens is 5. The Bertz CT molecular complexity index is 807. The number of methoxy groups -OCH3 is 2. The van der Waals surface area contributed by atoms with Crippen LogP contribution in [0.15, 0.2) is 22.7 Å². The zero-order chi connectivity index (χ0) is 18.7. The van der Waals surface area contributed by atoms with Crippen molar-refractivity contribution in [1.29, 1.82) is 0 Å². The molecule has 0 spiro atoms. The van der Waals surface area contributed by atoms with E-state index in [9.17, 15) is 17.6 Å². The Morgan fingerprint density at radius 1 is 0.960 bits per heavy atom. The number of thiocarbonyl (C=S) groups is 1. The number of benzene rings is 2. The van der Waals surface area contributed by atoms with Gasteiger partial charge in [0.25, 0.3) is 0 Å². The van der Waals surface area contributed by atoms with Crippen LogP contribution in [0.25, 0.3) is 0 Å². The minimum Gasteiger partial charge on any atom is -0.497 e. The van der Waals surface area contributed by atoms with Crippen molar-refractivity contribution >= 4 is 44.6 Å². The normalized spacial score (nSPS) is 10.4. The average Bonchev–Trinajstić information content (AvgIpc) is 2.61. The van der Waals surface area contributed by atoms with Gasteiger partial charge in [-0.15, -0.1) is 0 Å². The SMILES string of the molecule is COc1ccc(OC)c(NC(=S)Nc2c(F)c(F)c(Br)c(F)c2F)c1. The van der Waals surface area contributed by atoms with Gasteiger partial charge in [0.05, 0.1) is 24.4 Å². The van der Waals surface area contributed by atoms with Crippen molar-refractivity contribution in [3.8, 4) is 11.5 Å². The van der Waals surface area contributed by atoms with Crippen LogP contribution < -0.4 is 20.1 Å². The molecular weight excluding hydrogens is 428 g/mol. The summed E-state index contributed by atoms with van der Waals surface area (Å²) in [5.74, 6) is -5.57. The average molecular weight is 439 g/mol. The number of nitrogens with one attached hydrogen (secondary N) is 2. The summed E-state index contributed by atoms with van der Waals surface area (Å²) in [6, 6.07) is 4.71. The molecule has 0 amide bonds. The summed E-state index contributed by atoms with van der Waals surface area (Å²) in [6.45, 7) is 0. The van der Waals surface area contributed by atoms with E-state index in [1.54, 1.807) is 12.1 Å². The van der Waals surface area contributed by atoms with E-state index >= 15 is 0 Å². The molecule has 0 unspecified atom stereocenters. The molecule has 4 nitrogen and oxygen atoms in total. The van der Waals surface area contributed by atoms with Crippen molar-refractivity contribution < 1.29 is 27.0 Å². The fourth-order valence-electron chi connectivity index (χ4n) is 1.89. The van der Waals surface area contributed by atoms with Crippen molar-refractivity contribution in [1.82, 2.24) is 0 Å². The summed E-state index contributed by atoms with van der Waals surface area (Å²) >= 11 is 7.37. The highest BCUT2D eigenvalue weighted by molar-refractivity contribution is 9.10. The van der Waals surface area contributed by atoms with Crippen molar-refractivity contribution in [2.45, 2.75) is 0 Å². The second-order valence-corrected chi connectivity index (χ2v) is 5.79. The zero-order valence-electron chi connectivity index (χ0n) is 12.8. The Balaban J connectivity index is 2.30. The largest absolute Gasteiger partial charge is 0.497 e. The van der Waals surface area contributed by atoms with Gasteiger partial charge in [-0.1, -0.05) is 0 Å². The molecule has 0 aromatic heterocycles. The quantitative estimate of drug-likeness (QED) is 0.309. The van der Waals surface area contributed by atoms with Crippen LogP contribution in [0.2, 0.25) is 0 Å². The third-order valence-corrected chi connectivity index (χ3v) is 4.00. The maximum absolute atomic E-state index is 13.9. The topological polar surface area (TPSA) is 42.5 Å². The first-order valence-electron chi connectivity index (χ1n) is 6.61. The van der Waals surface area contributed by atoms with Gasteiger partial charge in [-0.05, 0) is 40.3 Å². The van der Waals surface area contributed by atoms with E-state index in [0.29, 0.717) is 17.2 Å². The van der Waals surface area contributed by atoms with Gasteiger partial charge in [0.15, 0.2) is 28.4 Å². The van der Waals surface area contributed by atoms with Crippen LogP contribution in [0, 0.1) is 23.3 Å². The highest BCUT2D eigenvalue weighted by atomic mass is 79.9. The Morgan fingerprint density at radius 3 is 2.08 bits per heavy atom. The second-order valence-electron chi connectivity index (χ2n) is 4.59. The third kappa shape index (κ3) is 3.96. The molecular formula is C15H11BrF4N2O2S. The molecule has 2 N–H and O–H groups in total. The molecule has 2 aromatic carbocycles. The van der Waals surface area contributed by atoms with Crippen LogP contribution >= 0.6 is 28.1 Å². The fraction of sp³-hybridized carbons (Fsp3) is 0.133. The smallest absolute Gasteiger partial charge is 0.186 e. The number of hydrogen-bond donors (Lipinski definition) is 2. The summed E-state index contributed by atoms with van der Waals surface area (Å²) < 4.78 is 64.1. The molecule has 0 heterocycles. The van der Waals surface area contributed by atoms with Gasteiger partial charge in [-0.25, -0.2) is 17.6 Å². The van der Waals surface area contributed by atoms with Crippen LogP contribution in [0.1, 0.15) is 0 Å². The van der Waals surface area contributed by atoms with Crippen LogP contribution in [-0.4, -0.2) is 19.3 Å². The van der Waals surface area contributed by atoms with Crippen molar-refractivity contribution in [2.24, 2.45) is 0 Å². The van der Waals surface area contributed by atoms with Crippen molar-refractivity contribution in [3.63, 3.8) is 0 Å². The van der Waals surface area contributed by atoms with Gasteiger partial charge in [-0.3, -0.25) is 0 Å². The maximum Gasteiger partial charge on any atom is 0.186 e. The minimum absolute atomic E-state index is 0.314. The highest BCUT2D eigenvalue weighted by Gasteiger charge is 2.24. The first-order valence-corrected chi connectivity index (χ1v) is 7.81. The molecule has 2 rings (SSSR count). The molecule has 25 heavy (non-hydrogen) atoms. The monoisotopic (exact) mass is 438 g/mol. The predicted molar refractivity (Wildman–Crippen MR) is 93.4 cm³/mol. The number of hydrogen-bond acceptors (Lipinski definition) is 3. The summed E-state index contributed by atoms with van der Waals surface area (Å²) in [5.41, 5.74) is -0.740. The van der Waals surface area contributed by atoms with E-state index < -0.39 is 33.4 Å². The Hall–Kier alpha value is -2.07. The lowest BCUT2D eigenvalue weighted by Gasteiger charge is -2.16. The first-order chi connectivity index (χ1) is 11.8. The molecule has 0 atom stereocenters. The molecule has 0 aliphatic rings. The molecule has 2 aromatic rings. The minimum atomic E-state index is -1.62. The van der Waals surface area contributed by atoms with E-state index in [1.165, 1.54) is 20.3 Å². The highest BCUT2D eigenvalue weighted by Crippen LogP contribution is 2.32. The van der Waals surface area contributed by atoms with Gasteiger partial charge in [-0.2, -0.15) is 0 Å². The van der Waals surface area contributed by atoms with E-state index in [2.05, 4.69) is 26.6 Å². The Labute approximate surface area is 154 Å². The predicted octanol–water partition coefficient (Wildman–Crippen LogP) is 4.83. The van der Waals surface area contributed by atoms with Crippen molar-refractivity contribution in [2.75, 3.05) is 24.9 Å². The first kappa shape index (κ1) is 19.3. The standard InChI is InChI=1S/C15H11BrF4N2O2S/c1-23-6-3-4-8(24-2)7(5-6)21-15(25)22-14-12(19)10(17)9(16)11(18)13(14)20/h3-5H,1-2H3,(H2,21,22,25). The summed E-state index contributed by atoms with van der Waals surface area (Å²) in [7, 11) is 2.85. The van der Waals surface area contributed by atoms with Gasteiger partial charge in [0.1, 0.15) is 17.2 Å². The summed E-state index contributed by atoms with van der Waals surface area (Å²) in [5, 5.41) is 4.40. The third-order valence-electron chi connectivity index (χ3n) is 3.10. The van der Waals surface area contributed by atoms with Crippen LogP contribution in [0.4, 0.5) is 28.9 Å². The lowest BCUT2D eigenvalue weighted by molar-refractivity contribution is 0.405. The molecule has 0 aliphatic carbocycles. The number of rotatable bonds is 4. The van der Waals surface area contributed by atoms with Crippen LogP contribution in [-0.2, 0) is 0 Å². The van der Waals surface area contributed by atoms with Crippen LogP contribution in [0.3, 0.4) is 0 Å². The van der Waals surface area contributed by atoms with E-state index in [1.807, 2.05) is 0 Å². The molecule has 0 saturated carbocycles. The summed E-state index contributed by atoms with van der Waals surface area (Å²) in [6.07, 6.45) is 0.